The second kappa shape index (κ2) is 25.9. The van der Waals surface area contributed by atoms with Gasteiger partial charge in [0.25, 0.3) is 0 Å². The number of rotatable bonds is 24. The molecule has 22 nitrogen and oxygen atoms in total. The monoisotopic (exact) mass is 1250 g/mol. The summed E-state index contributed by atoms with van der Waals surface area (Å²) in [4.78, 5) is 99.6. The van der Waals surface area contributed by atoms with Crippen molar-refractivity contribution in [2.24, 2.45) is 37.9 Å². The molecule has 4 aromatic carbocycles. The standard InChI is InChI=1S/C67H90O22/c1-57(2)82-35-64(12,36-83-57)53(71)78-31-62(10,32-79-54(72)65(13)37-84-58(3,4)85-38-65)51(69)76-29-61(9,50(68)75-28-17-16-19-43-22-23-46-25-24-44-20-18-21-45-26-27-47(43)49(46)48(44)45)30-77-52(70)63(11,33-80-55(73)66(14)39-86-59(5,6)87-40-66)34-81-56(74)67(15)41-88-60(7,8)89-42-67/h18,20-27H,16-17,19,28-42H2,1-15H3. The second-order valence-electron chi connectivity index (χ2n) is 28.5. The number of carbonyl (C=O) groups excluding carboxylic acids is 7. The fourth-order valence-corrected chi connectivity index (χ4v) is 10.1. The van der Waals surface area contributed by atoms with Gasteiger partial charge >= 0.3 is 41.8 Å². The molecule has 22 heteroatoms. The van der Waals surface area contributed by atoms with E-state index in [0.29, 0.717) is 19.3 Å². The molecule has 0 amide bonds. The molecular formula is C67H90O22. The summed E-state index contributed by atoms with van der Waals surface area (Å²) in [5.74, 6) is -10.1. The molecule has 0 atom stereocenters. The summed E-state index contributed by atoms with van der Waals surface area (Å²) in [6.45, 7) is 19.0. The zero-order valence-corrected chi connectivity index (χ0v) is 54.4. The Labute approximate surface area is 520 Å². The summed E-state index contributed by atoms with van der Waals surface area (Å²) in [6.07, 6.45) is 1.67. The lowest BCUT2D eigenvalue weighted by molar-refractivity contribution is -0.283. The van der Waals surface area contributed by atoms with Gasteiger partial charge in [0.1, 0.15) is 77.5 Å². The maximum absolute atomic E-state index is 14.8. The van der Waals surface area contributed by atoms with Crippen molar-refractivity contribution in [3.63, 3.8) is 0 Å². The highest BCUT2D eigenvalue weighted by Crippen LogP contribution is 2.40. The first kappa shape index (κ1) is 68.8. The highest BCUT2D eigenvalue weighted by Gasteiger charge is 2.52. The fourth-order valence-electron chi connectivity index (χ4n) is 10.1. The molecule has 4 aliphatic heterocycles. The molecule has 0 saturated carbocycles. The molecule has 0 unspecified atom stereocenters. The van der Waals surface area contributed by atoms with Gasteiger partial charge in [0.2, 0.25) is 0 Å². The molecule has 8 rings (SSSR count). The predicted molar refractivity (Wildman–Crippen MR) is 320 cm³/mol. The second-order valence-corrected chi connectivity index (χ2v) is 28.5. The first-order valence-electron chi connectivity index (χ1n) is 30.4. The third kappa shape index (κ3) is 16.0. The number of unbranched alkanes of at least 4 members (excludes halogenated alkanes) is 1. The van der Waals surface area contributed by atoms with Crippen molar-refractivity contribution in [2.45, 2.75) is 146 Å². The van der Waals surface area contributed by atoms with E-state index in [0.717, 1.165) is 27.1 Å². The van der Waals surface area contributed by atoms with E-state index in [-0.39, 0.29) is 59.5 Å². The van der Waals surface area contributed by atoms with E-state index in [2.05, 4.69) is 48.5 Å². The molecule has 4 saturated heterocycles. The Morgan fingerprint density at radius 3 is 0.978 bits per heavy atom. The normalized spacial score (nSPS) is 20.8. The van der Waals surface area contributed by atoms with E-state index in [4.69, 9.17) is 71.1 Å². The van der Waals surface area contributed by atoms with Crippen LogP contribution in [0.15, 0.2) is 54.6 Å². The third-order valence-corrected chi connectivity index (χ3v) is 17.2. The van der Waals surface area contributed by atoms with Gasteiger partial charge in [0.05, 0.1) is 59.5 Å². The summed E-state index contributed by atoms with van der Waals surface area (Å²) < 4.78 is 87.4. The molecule has 4 aromatic rings. The summed E-state index contributed by atoms with van der Waals surface area (Å²) in [5.41, 5.74) is -9.93. The topological polar surface area (TPSA) is 258 Å². The van der Waals surface area contributed by atoms with Crippen LogP contribution in [0, 0.1) is 37.9 Å². The molecule has 89 heavy (non-hydrogen) atoms. The molecule has 0 aliphatic carbocycles. The van der Waals surface area contributed by atoms with E-state index in [1.165, 1.54) is 31.5 Å². The van der Waals surface area contributed by atoms with Gasteiger partial charge in [-0.3, -0.25) is 33.6 Å². The van der Waals surface area contributed by atoms with Gasteiger partial charge in [0, 0.05) is 0 Å². The number of hydrogen-bond acceptors (Lipinski definition) is 22. The lowest BCUT2D eigenvalue weighted by Gasteiger charge is -2.41. The number of ether oxygens (including phenoxy) is 15. The van der Waals surface area contributed by atoms with Crippen LogP contribution in [0.4, 0.5) is 0 Å². The van der Waals surface area contributed by atoms with Crippen molar-refractivity contribution in [3.8, 4) is 0 Å². The van der Waals surface area contributed by atoms with Gasteiger partial charge < -0.3 is 71.1 Å². The number of hydrogen-bond donors (Lipinski definition) is 0. The Morgan fingerprint density at radius 1 is 0.360 bits per heavy atom. The van der Waals surface area contributed by atoms with Crippen LogP contribution in [0.2, 0.25) is 0 Å². The summed E-state index contributed by atoms with van der Waals surface area (Å²) in [6, 6.07) is 19.0. The van der Waals surface area contributed by atoms with Crippen LogP contribution in [0.1, 0.15) is 122 Å². The molecule has 0 radical (unpaired) electrons. The Balaban J connectivity index is 1.02. The van der Waals surface area contributed by atoms with Crippen LogP contribution in [0.5, 0.6) is 0 Å². The maximum atomic E-state index is 14.8. The largest absolute Gasteiger partial charge is 0.465 e. The van der Waals surface area contributed by atoms with Gasteiger partial charge in [-0.1, -0.05) is 54.6 Å². The van der Waals surface area contributed by atoms with Gasteiger partial charge in [-0.25, -0.2) is 0 Å². The van der Waals surface area contributed by atoms with Crippen LogP contribution in [0.25, 0.3) is 32.3 Å². The van der Waals surface area contributed by atoms with E-state index < -0.39 is 142 Å². The zero-order valence-electron chi connectivity index (χ0n) is 54.4. The van der Waals surface area contributed by atoms with Crippen molar-refractivity contribution in [1.29, 1.82) is 0 Å². The number of carbonyl (C=O) groups is 7. The number of esters is 7. The quantitative estimate of drug-likeness (QED) is 0.0274. The SMILES string of the molecule is CC1(C)OCC(C)(C(=O)OCC(C)(COC(=O)C2(C)COC(C)(C)OC2)C(=O)OCC(C)(COC(=O)C(C)(COC(=O)C2(C)COC(C)(C)OC2)COC(=O)C2(C)COC(C)(C)OC2)C(=O)OCCCCc2ccc3ccc4cccc5ccc2c3c45)CO1. The van der Waals surface area contributed by atoms with Gasteiger partial charge in [-0.15, -0.1) is 0 Å². The number of benzene rings is 4. The molecule has 0 N–H and O–H groups in total. The highest BCUT2D eigenvalue weighted by atomic mass is 16.7. The lowest BCUT2D eigenvalue weighted by Crippen LogP contribution is -2.52. The molecule has 4 aliphatic rings. The van der Waals surface area contributed by atoms with Gasteiger partial charge in [0.15, 0.2) is 23.1 Å². The third-order valence-electron chi connectivity index (χ3n) is 17.2. The molecular weight excluding hydrogens is 1160 g/mol. The first-order valence-corrected chi connectivity index (χ1v) is 30.4. The Bertz CT molecular complexity index is 2980. The van der Waals surface area contributed by atoms with E-state index >= 15 is 0 Å². The van der Waals surface area contributed by atoms with Crippen LogP contribution in [-0.2, 0) is 111 Å². The van der Waals surface area contributed by atoms with Crippen molar-refractivity contribution < 1.29 is 105 Å². The minimum absolute atomic E-state index is 0.0730. The summed E-state index contributed by atoms with van der Waals surface area (Å²) >= 11 is 0. The smallest absolute Gasteiger partial charge is 0.318 e. The van der Waals surface area contributed by atoms with Crippen LogP contribution in [-0.4, -0.2) is 164 Å². The Kier molecular flexibility index (Phi) is 20.0. The van der Waals surface area contributed by atoms with Crippen LogP contribution in [0.3, 0.4) is 0 Å². The van der Waals surface area contributed by atoms with Crippen LogP contribution >= 0.6 is 0 Å². The first-order chi connectivity index (χ1) is 41.4. The summed E-state index contributed by atoms with van der Waals surface area (Å²) in [7, 11) is 0. The number of aryl methyl sites for hydroxylation is 1. The fraction of sp³-hybridized carbons (Fsp3) is 0.657. The average molecular weight is 1250 g/mol. The maximum Gasteiger partial charge on any atom is 0.318 e. The molecule has 490 valence electrons. The van der Waals surface area contributed by atoms with Gasteiger partial charge in [-0.2, -0.15) is 0 Å². The predicted octanol–water partition coefficient (Wildman–Crippen LogP) is 8.88. The van der Waals surface area contributed by atoms with E-state index in [9.17, 15) is 33.6 Å². The van der Waals surface area contributed by atoms with E-state index in [1.54, 1.807) is 83.1 Å². The van der Waals surface area contributed by atoms with Crippen LogP contribution < -0.4 is 0 Å². The highest BCUT2D eigenvalue weighted by molar-refractivity contribution is 6.23. The molecule has 4 heterocycles. The Morgan fingerprint density at radius 2 is 0.640 bits per heavy atom. The molecule has 4 fully saturated rings. The van der Waals surface area contributed by atoms with E-state index in [1.807, 2.05) is 6.07 Å². The zero-order chi connectivity index (χ0) is 65.3. The van der Waals surface area contributed by atoms with Crippen molar-refractivity contribution >= 4 is 74.1 Å². The average Bonchev–Trinajstić information content (AvgIpc) is 0.846. The summed E-state index contributed by atoms with van der Waals surface area (Å²) in [5, 5.41) is 6.93. The lowest BCUT2D eigenvalue weighted by atomic mass is 9.89. The molecule has 0 bridgehead atoms. The van der Waals surface area contributed by atoms with Gasteiger partial charge in [-0.05, 0) is 161 Å². The molecule has 0 spiro atoms. The van der Waals surface area contributed by atoms with Crippen molar-refractivity contribution in [1.82, 2.24) is 0 Å². The molecule has 0 aromatic heterocycles. The Hall–Kier alpha value is -6.11. The minimum atomic E-state index is -1.98. The van der Waals surface area contributed by atoms with Crippen molar-refractivity contribution in [2.75, 3.05) is 99.1 Å². The minimum Gasteiger partial charge on any atom is -0.465 e. The van der Waals surface area contributed by atoms with Crippen molar-refractivity contribution in [3.05, 3.63) is 60.2 Å².